The van der Waals surface area contributed by atoms with Crippen molar-refractivity contribution in [3.8, 4) is 67.9 Å². The maximum Gasteiger partial charge on any atom is 0.160 e. The van der Waals surface area contributed by atoms with Gasteiger partial charge in [0.1, 0.15) is 11.6 Å². The highest BCUT2D eigenvalue weighted by atomic mass is 15.0. The molecule has 0 radical (unpaired) electrons. The number of benzene rings is 7. The SMILES string of the molecule is N#Cc1c(-c2ccccc2)nc(-c2cc(-c3ccccc3)c(-c3ccccc3)c(-n3c4ccccc4c4ccccc43)c2)nc1-c1ccccc1. The molecule has 0 aliphatic rings. The van der Waals surface area contributed by atoms with E-state index in [0.29, 0.717) is 22.8 Å². The van der Waals surface area contributed by atoms with E-state index in [9.17, 15) is 5.26 Å². The van der Waals surface area contributed by atoms with Crippen molar-refractivity contribution < 1.29 is 0 Å². The fourth-order valence-corrected chi connectivity index (χ4v) is 7.17. The Bertz CT molecular complexity index is 2610. The summed E-state index contributed by atoms with van der Waals surface area (Å²) in [5.41, 5.74) is 11.8. The Morgan fingerprint density at radius 2 is 0.863 bits per heavy atom. The average molecular weight is 651 g/mol. The molecule has 4 heteroatoms. The van der Waals surface area contributed by atoms with Gasteiger partial charge in [-0.1, -0.05) is 158 Å². The molecule has 0 saturated heterocycles. The van der Waals surface area contributed by atoms with Crippen molar-refractivity contribution in [2.45, 2.75) is 0 Å². The number of para-hydroxylation sites is 2. The lowest BCUT2D eigenvalue weighted by molar-refractivity contribution is 1.15. The van der Waals surface area contributed by atoms with Crippen LogP contribution in [-0.4, -0.2) is 14.5 Å². The van der Waals surface area contributed by atoms with Gasteiger partial charge in [0, 0.05) is 33.0 Å². The highest BCUT2D eigenvalue weighted by Crippen LogP contribution is 2.44. The first-order valence-electron chi connectivity index (χ1n) is 17.0. The third-order valence-corrected chi connectivity index (χ3v) is 9.46. The zero-order valence-electron chi connectivity index (χ0n) is 27.6. The number of hydrogen-bond acceptors (Lipinski definition) is 3. The molecule has 0 aliphatic heterocycles. The van der Waals surface area contributed by atoms with Gasteiger partial charge in [-0.25, -0.2) is 9.97 Å². The lowest BCUT2D eigenvalue weighted by Gasteiger charge is -2.21. The van der Waals surface area contributed by atoms with Crippen LogP contribution in [0.4, 0.5) is 0 Å². The Labute approximate surface area is 296 Å². The Hall–Kier alpha value is -7.09. The number of hydrogen-bond donors (Lipinski definition) is 0. The van der Waals surface area contributed by atoms with E-state index in [0.717, 1.165) is 55.7 Å². The summed E-state index contributed by atoms with van der Waals surface area (Å²) in [6.45, 7) is 0. The van der Waals surface area contributed by atoms with Gasteiger partial charge in [0.05, 0.1) is 28.1 Å². The minimum Gasteiger partial charge on any atom is -0.309 e. The van der Waals surface area contributed by atoms with E-state index < -0.39 is 0 Å². The Morgan fingerprint density at radius 3 is 1.35 bits per heavy atom. The lowest BCUT2D eigenvalue weighted by atomic mass is 9.90. The van der Waals surface area contributed by atoms with E-state index >= 15 is 0 Å². The van der Waals surface area contributed by atoms with Crippen molar-refractivity contribution in [3.05, 3.63) is 188 Å². The second-order valence-corrected chi connectivity index (χ2v) is 12.5. The first-order valence-corrected chi connectivity index (χ1v) is 17.0. The molecule has 0 spiro atoms. The predicted octanol–water partition coefficient (Wildman–Crippen LogP) is 11.8. The second-order valence-electron chi connectivity index (χ2n) is 12.5. The number of nitriles is 1. The standard InChI is InChI=1S/C47H30N4/c48-31-40-45(34-21-9-3-10-22-34)49-47(50-46(40)35-23-11-4-12-24-35)36-29-39(32-17-5-1-6-18-32)44(33-19-7-2-8-20-33)43(30-36)51-41-27-15-13-25-37(41)38-26-14-16-28-42(38)51/h1-30H. The summed E-state index contributed by atoms with van der Waals surface area (Å²) in [6.07, 6.45) is 0. The zero-order chi connectivity index (χ0) is 34.1. The number of rotatable bonds is 6. The largest absolute Gasteiger partial charge is 0.309 e. The van der Waals surface area contributed by atoms with Crippen LogP contribution in [0.5, 0.6) is 0 Å². The zero-order valence-corrected chi connectivity index (χ0v) is 27.6. The third kappa shape index (κ3) is 5.25. The minimum absolute atomic E-state index is 0.447. The summed E-state index contributed by atoms with van der Waals surface area (Å²) < 4.78 is 2.38. The van der Waals surface area contributed by atoms with Crippen molar-refractivity contribution in [1.82, 2.24) is 14.5 Å². The predicted molar refractivity (Wildman–Crippen MR) is 208 cm³/mol. The van der Waals surface area contributed by atoms with Crippen molar-refractivity contribution >= 4 is 21.8 Å². The van der Waals surface area contributed by atoms with Crippen LogP contribution in [0.1, 0.15) is 5.56 Å². The van der Waals surface area contributed by atoms with Crippen LogP contribution < -0.4 is 0 Å². The Balaban J connectivity index is 1.44. The Kier molecular flexibility index (Phi) is 7.50. The fraction of sp³-hybridized carbons (Fsp3) is 0. The van der Waals surface area contributed by atoms with Gasteiger partial charge in [-0.2, -0.15) is 5.26 Å². The molecule has 7 aromatic carbocycles. The number of fused-ring (bicyclic) bond motifs is 3. The quantitative estimate of drug-likeness (QED) is 0.180. The van der Waals surface area contributed by atoms with Crippen LogP contribution in [0.2, 0.25) is 0 Å². The average Bonchev–Trinajstić information content (AvgIpc) is 3.55. The minimum atomic E-state index is 0.447. The van der Waals surface area contributed by atoms with Crippen LogP contribution in [0, 0.1) is 11.3 Å². The van der Waals surface area contributed by atoms with Gasteiger partial charge in [-0.3, -0.25) is 0 Å². The summed E-state index contributed by atoms with van der Waals surface area (Å²) in [5.74, 6) is 0.547. The molecule has 0 unspecified atom stereocenters. The molecule has 0 atom stereocenters. The van der Waals surface area contributed by atoms with E-state index in [2.05, 4.69) is 126 Å². The van der Waals surface area contributed by atoms with E-state index in [-0.39, 0.29) is 0 Å². The molecule has 9 rings (SSSR count). The fourth-order valence-electron chi connectivity index (χ4n) is 7.17. The maximum absolute atomic E-state index is 10.6. The molecule has 238 valence electrons. The van der Waals surface area contributed by atoms with Gasteiger partial charge in [0.25, 0.3) is 0 Å². The first kappa shape index (κ1) is 30.0. The van der Waals surface area contributed by atoms with E-state index in [1.54, 1.807) is 0 Å². The van der Waals surface area contributed by atoms with Crippen molar-refractivity contribution in [3.63, 3.8) is 0 Å². The van der Waals surface area contributed by atoms with Crippen LogP contribution in [0.25, 0.3) is 83.6 Å². The molecule has 0 amide bonds. The number of nitrogens with zero attached hydrogens (tertiary/aromatic N) is 4. The smallest absolute Gasteiger partial charge is 0.160 e. The van der Waals surface area contributed by atoms with E-state index in [4.69, 9.17) is 9.97 Å². The first-order chi connectivity index (χ1) is 25.3. The molecule has 2 heterocycles. The van der Waals surface area contributed by atoms with Crippen molar-refractivity contribution in [2.24, 2.45) is 0 Å². The van der Waals surface area contributed by atoms with Gasteiger partial charge >= 0.3 is 0 Å². The molecular weight excluding hydrogens is 621 g/mol. The van der Waals surface area contributed by atoms with E-state index in [1.165, 1.54) is 10.8 Å². The molecule has 0 fully saturated rings. The summed E-state index contributed by atoms with van der Waals surface area (Å²) in [4.78, 5) is 10.4. The highest BCUT2D eigenvalue weighted by Gasteiger charge is 2.23. The molecule has 0 saturated carbocycles. The summed E-state index contributed by atoms with van der Waals surface area (Å²) in [7, 11) is 0. The molecule has 4 nitrogen and oxygen atoms in total. The lowest BCUT2D eigenvalue weighted by Crippen LogP contribution is -2.04. The molecule has 0 bridgehead atoms. The van der Waals surface area contributed by atoms with Gasteiger partial charge < -0.3 is 4.57 Å². The highest BCUT2D eigenvalue weighted by molar-refractivity contribution is 6.10. The van der Waals surface area contributed by atoms with Gasteiger partial charge in [0.2, 0.25) is 0 Å². The summed E-state index contributed by atoms with van der Waals surface area (Å²) in [6, 6.07) is 65.0. The van der Waals surface area contributed by atoms with Crippen molar-refractivity contribution in [1.29, 1.82) is 5.26 Å². The van der Waals surface area contributed by atoms with Crippen LogP contribution in [0.15, 0.2) is 182 Å². The van der Waals surface area contributed by atoms with Gasteiger partial charge in [-0.15, -0.1) is 0 Å². The molecule has 2 aromatic heterocycles. The molecular formula is C47H30N4. The number of aromatic nitrogens is 3. The summed E-state index contributed by atoms with van der Waals surface area (Å²) >= 11 is 0. The molecule has 51 heavy (non-hydrogen) atoms. The van der Waals surface area contributed by atoms with Gasteiger partial charge in [-0.05, 0) is 41.0 Å². The van der Waals surface area contributed by atoms with Crippen LogP contribution >= 0.6 is 0 Å². The van der Waals surface area contributed by atoms with E-state index in [1.807, 2.05) is 66.7 Å². The van der Waals surface area contributed by atoms with Crippen LogP contribution in [0.3, 0.4) is 0 Å². The van der Waals surface area contributed by atoms with Gasteiger partial charge in [0.15, 0.2) is 5.82 Å². The molecule has 0 aliphatic carbocycles. The monoisotopic (exact) mass is 650 g/mol. The Morgan fingerprint density at radius 1 is 0.431 bits per heavy atom. The van der Waals surface area contributed by atoms with Crippen LogP contribution in [-0.2, 0) is 0 Å². The molecule has 0 N–H and O–H groups in total. The summed E-state index contributed by atoms with van der Waals surface area (Å²) in [5, 5.41) is 12.9. The third-order valence-electron chi connectivity index (χ3n) is 9.46. The topological polar surface area (TPSA) is 54.5 Å². The maximum atomic E-state index is 10.6. The second kappa shape index (κ2) is 12.7. The normalized spacial score (nSPS) is 11.1. The molecule has 9 aromatic rings. The van der Waals surface area contributed by atoms with Crippen molar-refractivity contribution in [2.75, 3.05) is 0 Å².